The molecule has 0 fully saturated rings. The zero-order valence-corrected chi connectivity index (χ0v) is 15.4. The first-order valence-electron chi connectivity index (χ1n) is 8.23. The van der Waals surface area contributed by atoms with Gasteiger partial charge in [0.1, 0.15) is 6.33 Å². The van der Waals surface area contributed by atoms with E-state index in [1.807, 2.05) is 84.9 Å². The minimum absolute atomic E-state index is 0.119. The molecule has 0 saturated carbocycles. The summed E-state index contributed by atoms with van der Waals surface area (Å²) in [6, 6.07) is 27.2. The number of rotatable bonds is 3. The van der Waals surface area contributed by atoms with Crippen LogP contribution in [-0.2, 0) is 0 Å². The van der Waals surface area contributed by atoms with E-state index in [1.165, 1.54) is 0 Å². The average molecular weight is 403 g/mol. The molecule has 0 amide bonds. The van der Waals surface area contributed by atoms with Gasteiger partial charge in [0.25, 0.3) is 5.91 Å². The number of aromatic nitrogens is 2. The predicted molar refractivity (Wildman–Crippen MR) is 107 cm³/mol. The Morgan fingerprint density at radius 1 is 0.769 bits per heavy atom. The van der Waals surface area contributed by atoms with Crippen molar-refractivity contribution in [3.8, 4) is 22.5 Å². The number of nitrogens with zero attached hydrogens (tertiary/aromatic N) is 2. The van der Waals surface area contributed by atoms with E-state index in [4.69, 9.17) is 0 Å². The van der Waals surface area contributed by atoms with Crippen molar-refractivity contribution in [2.24, 2.45) is 0 Å². The lowest BCUT2D eigenvalue weighted by Crippen LogP contribution is -2.13. The number of hydrogen-bond donors (Lipinski definition) is 0. The Balaban J connectivity index is 1.93. The molecule has 0 unspecified atom stereocenters. The molecule has 3 aromatic carbocycles. The fourth-order valence-corrected chi connectivity index (χ4v) is 3.40. The van der Waals surface area contributed by atoms with Gasteiger partial charge in [-0.25, -0.2) is 4.98 Å². The maximum absolute atomic E-state index is 13.2. The zero-order chi connectivity index (χ0) is 17.9. The van der Waals surface area contributed by atoms with E-state index >= 15 is 0 Å². The molecule has 0 N–H and O–H groups in total. The molecule has 0 spiro atoms. The van der Waals surface area contributed by atoms with Gasteiger partial charge < -0.3 is 0 Å². The molecule has 126 valence electrons. The molecule has 0 atom stereocenters. The molecule has 0 aliphatic carbocycles. The van der Waals surface area contributed by atoms with Crippen molar-refractivity contribution < 1.29 is 4.79 Å². The topological polar surface area (TPSA) is 34.9 Å². The summed E-state index contributed by atoms with van der Waals surface area (Å²) < 4.78 is 2.39. The first kappa shape index (κ1) is 16.5. The summed E-state index contributed by atoms with van der Waals surface area (Å²) in [4.78, 5) is 17.8. The Bertz CT molecular complexity index is 1060. The summed E-state index contributed by atoms with van der Waals surface area (Å²) in [7, 11) is 0. The van der Waals surface area contributed by atoms with Crippen molar-refractivity contribution >= 4 is 21.8 Å². The molecule has 4 rings (SSSR count). The summed E-state index contributed by atoms with van der Waals surface area (Å²) in [6.07, 6.45) is 1.60. The second-order valence-electron chi connectivity index (χ2n) is 5.83. The van der Waals surface area contributed by atoms with Crippen molar-refractivity contribution in [3.63, 3.8) is 0 Å². The molecule has 4 heteroatoms. The molecule has 0 saturated heterocycles. The summed E-state index contributed by atoms with van der Waals surface area (Å²) >= 11 is 3.47. The molecule has 1 heterocycles. The van der Waals surface area contributed by atoms with Crippen LogP contribution >= 0.6 is 15.9 Å². The number of carbonyl (C=O) groups is 1. The van der Waals surface area contributed by atoms with Crippen molar-refractivity contribution in [2.45, 2.75) is 0 Å². The second-order valence-corrected chi connectivity index (χ2v) is 6.68. The highest BCUT2D eigenvalue weighted by Gasteiger charge is 2.21. The number of benzene rings is 3. The Morgan fingerprint density at radius 3 is 2.00 bits per heavy atom. The van der Waals surface area contributed by atoms with Crippen LogP contribution in [0.15, 0.2) is 95.7 Å². The van der Waals surface area contributed by atoms with Gasteiger partial charge in [0.05, 0.1) is 17.0 Å². The Morgan fingerprint density at radius 2 is 1.35 bits per heavy atom. The summed E-state index contributed by atoms with van der Waals surface area (Å²) in [5.41, 5.74) is 4.10. The highest BCUT2D eigenvalue weighted by molar-refractivity contribution is 9.10. The quantitative estimate of drug-likeness (QED) is 0.442. The van der Waals surface area contributed by atoms with Gasteiger partial charge in [0, 0.05) is 15.6 Å². The van der Waals surface area contributed by atoms with Crippen LogP contribution in [0.5, 0.6) is 0 Å². The van der Waals surface area contributed by atoms with Gasteiger partial charge in [-0.15, -0.1) is 0 Å². The first-order chi connectivity index (χ1) is 12.8. The first-order valence-corrected chi connectivity index (χ1v) is 9.02. The third kappa shape index (κ3) is 3.00. The largest absolute Gasteiger partial charge is 0.268 e. The van der Waals surface area contributed by atoms with Gasteiger partial charge in [0.15, 0.2) is 0 Å². The number of carbonyl (C=O) groups excluding carboxylic acids is 1. The molecular formula is C22H15BrN2O. The monoisotopic (exact) mass is 402 g/mol. The molecular weight excluding hydrogens is 388 g/mol. The van der Waals surface area contributed by atoms with Crippen LogP contribution in [0.25, 0.3) is 22.5 Å². The molecule has 26 heavy (non-hydrogen) atoms. The van der Waals surface area contributed by atoms with E-state index in [2.05, 4.69) is 20.9 Å². The number of halogens is 1. The third-order valence-corrected chi connectivity index (χ3v) is 4.88. The van der Waals surface area contributed by atoms with Gasteiger partial charge in [-0.1, -0.05) is 72.8 Å². The maximum Gasteiger partial charge on any atom is 0.264 e. The van der Waals surface area contributed by atoms with E-state index in [0.29, 0.717) is 5.56 Å². The molecule has 0 radical (unpaired) electrons. The highest BCUT2D eigenvalue weighted by atomic mass is 79.9. The lowest BCUT2D eigenvalue weighted by Gasteiger charge is -2.10. The molecule has 1 aromatic heterocycles. The van der Waals surface area contributed by atoms with Gasteiger partial charge in [-0.05, 0) is 28.1 Å². The summed E-state index contributed by atoms with van der Waals surface area (Å²) in [5.74, 6) is -0.119. The van der Waals surface area contributed by atoms with Gasteiger partial charge in [0.2, 0.25) is 0 Å². The third-order valence-electron chi connectivity index (χ3n) is 4.19. The standard InChI is InChI=1S/C22H15BrN2O/c23-19-14-8-7-13-18(19)22(26)25-15-24-20(16-9-3-1-4-10-16)21(25)17-11-5-2-6-12-17/h1-15H. The Labute approximate surface area is 160 Å². The Hall–Kier alpha value is -2.98. The SMILES string of the molecule is O=C(c1ccccc1Br)n1cnc(-c2ccccc2)c1-c1ccccc1. The fraction of sp³-hybridized carbons (Fsp3) is 0. The van der Waals surface area contributed by atoms with E-state index in [0.717, 1.165) is 27.0 Å². The van der Waals surface area contributed by atoms with Crippen molar-refractivity contribution in [3.05, 3.63) is 101 Å². The van der Waals surface area contributed by atoms with Crippen LogP contribution in [0.4, 0.5) is 0 Å². The lowest BCUT2D eigenvalue weighted by atomic mass is 10.0. The molecule has 0 aliphatic rings. The van der Waals surface area contributed by atoms with Crippen molar-refractivity contribution in [1.82, 2.24) is 9.55 Å². The minimum atomic E-state index is -0.119. The van der Waals surface area contributed by atoms with Crippen LogP contribution in [-0.4, -0.2) is 15.5 Å². The van der Waals surface area contributed by atoms with E-state index in [9.17, 15) is 4.79 Å². The predicted octanol–water partition coefficient (Wildman–Crippen LogP) is 5.67. The molecule has 3 nitrogen and oxygen atoms in total. The van der Waals surface area contributed by atoms with Crippen molar-refractivity contribution in [1.29, 1.82) is 0 Å². The van der Waals surface area contributed by atoms with Crippen LogP contribution in [0, 0.1) is 0 Å². The van der Waals surface area contributed by atoms with E-state index in [1.54, 1.807) is 10.9 Å². The minimum Gasteiger partial charge on any atom is -0.268 e. The fourth-order valence-electron chi connectivity index (χ4n) is 2.95. The van der Waals surface area contributed by atoms with Gasteiger partial charge in [-0.2, -0.15) is 0 Å². The zero-order valence-electron chi connectivity index (χ0n) is 13.8. The molecule has 0 aliphatic heterocycles. The van der Waals surface area contributed by atoms with Crippen LogP contribution in [0.1, 0.15) is 10.4 Å². The van der Waals surface area contributed by atoms with Crippen LogP contribution < -0.4 is 0 Å². The Kier molecular flexibility index (Phi) is 4.50. The van der Waals surface area contributed by atoms with Crippen molar-refractivity contribution in [2.75, 3.05) is 0 Å². The normalized spacial score (nSPS) is 10.7. The average Bonchev–Trinajstić information content (AvgIpc) is 3.14. The summed E-state index contributed by atoms with van der Waals surface area (Å²) in [5, 5.41) is 0. The van der Waals surface area contributed by atoms with E-state index < -0.39 is 0 Å². The number of hydrogen-bond acceptors (Lipinski definition) is 2. The van der Waals surface area contributed by atoms with Gasteiger partial charge in [-0.3, -0.25) is 9.36 Å². The van der Waals surface area contributed by atoms with Crippen LogP contribution in [0.3, 0.4) is 0 Å². The molecule has 0 bridgehead atoms. The highest BCUT2D eigenvalue weighted by Crippen LogP contribution is 2.32. The maximum atomic E-state index is 13.2. The molecule has 4 aromatic rings. The lowest BCUT2D eigenvalue weighted by molar-refractivity contribution is 0.0961. The van der Waals surface area contributed by atoms with Crippen LogP contribution in [0.2, 0.25) is 0 Å². The number of imidazole rings is 1. The second kappa shape index (κ2) is 7.10. The smallest absolute Gasteiger partial charge is 0.264 e. The summed E-state index contributed by atoms with van der Waals surface area (Å²) in [6.45, 7) is 0. The van der Waals surface area contributed by atoms with E-state index in [-0.39, 0.29) is 5.91 Å². The van der Waals surface area contributed by atoms with Gasteiger partial charge >= 0.3 is 0 Å².